The van der Waals surface area contributed by atoms with Crippen LogP contribution in [-0.2, 0) is 11.3 Å². The first-order valence-electron chi connectivity index (χ1n) is 6.87. The molecule has 0 amide bonds. The number of nitrogens with zero attached hydrogens (tertiary/aromatic N) is 2. The Kier molecular flexibility index (Phi) is 5.30. The molecule has 0 saturated heterocycles. The van der Waals surface area contributed by atoms with E-state index in [1.165, 1.54) is 23.5 Å². The highest BCUT2D eigenvalue weighted by Crippen LogP contribution is 2.22. The van der Waals surface area contributed by atoms with Crippen molar-refractivity contribution in [3.8, 4) is 0 Å². The number of rotatable bonds is 5. The molecule has 0 atom stereocenters. The predicted octanol–water partition coefficient (Wildman–Crippen LogP) is 4.95. The average molecular weight is 380 g/mol. The number of hydrogen-bond donors (Lipinski definition) is 1. The number of pyridine rings is 1. The molecule has 0 unspecified atom stereocenters. The maximum atomic E-state index is 12.0. The molecular formula is C16H11Cl2N3O2S. The number of carbonyl (C=O) groups excluding carboxylic acids is 1. The van der Waals surface area contributed by atoms with E-state index in [0.717, 1.165) is 5.69 Å². The Bertz CT molecular complexity index is 856. The lowest BCUT2D eigenvalue weighted by molar-refractivity contribution is 0.0462. The van der Waals surface area contributed by atoms with E-state index >= 15 is 0 Å². The van der Waals surface area contributed by atoms with Crippen molar-refractivity contribution < 1.29 is 9.53 Å². The third-order valence-electron chi connectivity index (χ3n) is 2.93. The summed E-state index contributed by atoms with van der Waals surface area (Å²) in [6, 6.07) is 12.7. The van der Waals surface area contributed by atoms with Crippen LogP contribution < -0.4 is 5.32 Å². The summed E-state index contributed by atoms with van der Waals surface area (Å²) in [5.74, 6) is -0.645. The topological polar surface area (TPSA) is 64.1 Å². The predicted molar refractivity (Wildman–Crippen MR) is 95.2 cm³/mol. The van der Waals surface area contributed by atoms with E-state index in [4.69, 9.17) is 27.9 Å². The second-order valence-corrected chi connectivity index (χ2v) is 6.33. The molecule has 1 N–H and O–H groups in total. The van der Waals surface area contributed by atoms with Gasteiger partial charge in [0.25, 0.3) is 0 Å². The molecule has 0 bridgehead atoms. The first-order chi connectivity index (χ1) is 11.6. The Morgan fingerprint density at radius 2 is 1.92 bits per heavy atom. The number of aromatic nitrogens is 2. The summed E-state index contributed by atoms with van der Waals surface area (Å²) in [6.07, 6.45) is 0. The highest BCUT2D eigenvalue weighted by atomic mass is 35.5. The van der Waals surface area contributed by atoms with Gasteiger partial charge in [-0.1, -0.05) is 41.4 Å². The molecule has 3 rings (SSSR count). The number of para-hydroxylation sites is 1. The molecular weight excluding hydrogens is 369 g/mol. The second kappa shape index (κ2) is 7.61. The lowest BCUT2D eigenvalue weighted by Gasteiger charge is -2.04. The van der Waals surface area contributed by atoms with Crippen LogP contribution in [0, 0.1) is 0 Å². The van der Waals surface area contributed by atoms with Crippen LogP contribution in [0.5, 0.6) is 0 Å². The van der Waals surface area contributed by atoms with E-state index < -0.39 is 5.97 Å². The SMILES string of the molecule is O=C(OCc1csc(Nc2ccccc2)n1)c1nc(Cl)ccc1Cl. The smallest absolute Gasteiger partial charge is 0.358 e. The molecule has 0 spiro atoms. The minimum atomic E-state index is -0.645. The van der Waals surface area contributed by atoms with Crippen molar-refractivity contribution in [1.29, 1.82) is 0 Å². The number of esters is 1. The van der Waals surface area contributed by atoms with Gasteiger partial charge in [-0.05, 0) is 24.3 Å². The number of hydrogen-bond acceptors (Lipinski definition) is 6. The van der Waals surface area contributed by atoms with E-state index in [-0.39, 0.29) is 22.5 Å². The van der Waals surface area contributed by atoms with Gasteiger partial charge in [-0.3, -0.25) is 0 Å². The van der Waals surface area contributed by atoms with Crippen LogP contribution in [0.25, 0.3) is 0 Å². The van der Waals surface area contributed by atoms with Crippen LogP contribution in [0.2, 0.25) is 10.2 Å². The molecule has 122 valence electrons. The fourth-order valence-corrected chi connectivity index (χ4v) is 2.89. The Morgan fingerprint density at radius 3 is 2.71 bits per heavy atom. The van der Waals surface area contributed by atoms with Crippen LogP contribution in [0.4, 0.5) is 10.8 Å². The Hall–Kier alpha value is -2.15. The lowest BCUT2D eigenvalue weighted by atomic mass is 10.3. The molecule has 2 aromatic heterocycles. The summed E-state index contributed by atoms with van der Waals surface area (Å²) in [5.41, 5.74) is 1.55. The number of ether oxygens (including phenoxy) is 1. The van der Waals surface area contributed by atoms with Gasteiger partial charge in [0, 0.05) is 11.1 Å². The van der Waals surface area contributed by atoms with Crippen LogP contribution >= 0.6 is 34.5 Å². The third kappa shape index (κ3) is 4.23. The zero-order chi connectivity index (χ0) is 16.9. The van der Waals surface area contributed by atoms with Crippen LogP contribution in [0.1, 0.15) is 16.2 Å². The number of halogens is 2. The molecule has 5 nitrogen and oxygen atoms in total. The van der Waals surface area contributed by atoms with Gasteiger partial charge in [-0.25, -0.2) is 14.8 Å². The highest BCUT2D eigenvalue weighted by Gasteiger charge is 2.15. The zero-order valence-electron chi connectivity index (χ0n) is 12.2. The summed E-state index contributed by atoms with van der Waals surface area (Å²) < 4.78 is 5.19. The number of nitrogens with one attached hydrogen (secondary N) is 1. The van der Waals surface area contributed by atoms with E-state index in [1.807, 2.05) is 35.7 Å². The fourth-order valence-electron chi connectivity index (χ4n) is 1.84. The van der Waals surface area contributed by atoms with Crippen LogP contribution in [0.3, 0.4) is 0 Å². The largest absolute Gasteiger partial charge is 0.454 e. The normalized spacial score (nSPS) is 10.4. The molecule has 0 aliphatic heterocycles. The Morgan fingerprint density at radius 1 is 1.12 bits per heavy atom. The van der Waals surface area contributed by atoms with Crippen LogP contribution in [-0.4, -0.2) is 15.9 Å². The van der Waals surface area contributed by atoms with Crippen molar-refractivity contribution in [3.63, 3.8) is 0 Å². The first-order valence-corrected chi connectivity index (χ1v) is 8.51. The summed E-state index contributed by atoms with van der Waals surface area (Å²) >= 11 is 13.1. The molecule has 0 fully saturated rings. The third-order valence-corrected chi connectivity index (χ3v) is 4.26. The lowest BCUT2D eigenvalue weighted by Crippen LogP contribution is -2.08. The maximum absolute atomic E-state index is 12.0. The van der Waals surface area contributed by atoms with Crippen molar-refractivity contribution in [2.45, 2.75) is 6.61 Å². The summed E-state index contributed by atoms with van der Waals surface area (Å²) in [5, 5.41) is 6.07. The van der Waals surface area contributed by atoms with Crippen molar-refractivity contribution in [2.75, 3.05) is 5.32 Å². The minimum absolute atomic E-state index is 0.0120. The Balaban J connectivity index is 1.61. The van der Waals surface area contributed by atoms with E-state index in [1.54, 1.807) is 0 Å². The minimum Gasteiger partial charge on any atom is -0.454 e. The quantitative estimate of drug-likeness (QED) is 0.502. The monoisotopic (exact) mass is 379 g/mol. The van der Waals surface area contributed by atoms with Gasteiger partial charge in [-0.15, -0.1) is 11.3 Å². The molecule has 0 aliphatic rings. The molecule has 0 radical (unpaired) electrons. The standard InChI is InChI=1S/C16H11Cl2N3O2S/c17-12-6-7-13(18)21-14(12)15(22)23-8-11-9-24-16(20-11)19-10-4-2-1-3-5-10/h1-7,9H,8H2,(H,19,20). The summed E-state index contributed by atoms with van der Waals surface area (Å²) in [4.78, 5) is 20.3. The van der Waals surface area contributed by atoms with Gasteiger partial charge in [0.05, 0.1) is 10.7 Å². The maximum Gasteiger partial charge on any atom is 0.358 e. The van der Waals surface area contributed by atoms with Gasteiger partial charge >= 0.3 is 5.97 Å². The zero-order valence-corrected chi connectivity index (χ0v) is 14.5. The van der Waals surface area contributed by atoms with Crippen molar-refractivity contribution in [1.82, 2.24) is 9.97 Å². The van der Waals surface area contributed by atoms with Gasteiger partial charge in [0.1, 0.15) is 11.8 Å². The number of anilines is 2. The molecule has 24 heavy (non-hydrogen) atoms. The van der Waals surface area contributed by atoms with Gasteiger partial charge in [-0.2, -0.15) is 0 Å². The number of benzene rings is 1. The fraction of sp³-hybridized carbons (Fsp3) is 0.0625. The number of thiazole rings is 1. The van der Waals surface area contributed by atoms with Crippen molar-refractivity contribution in [3.05, 3.63) is 69.4 Å². The first kappa shape index (κ1) is 16.7. The Labute approximate surface area is 152 Å². The van der Waals surface area contributed by atoms with E-state index in [9.17, 15) is 4.79 Å². The van der Waals surface area contributed by atoms with Crippen molar-refractivity contribution >= 4 is 51.3 Å². The molecule has 0 saturated carbocycles. The van der Waals surface area contributed by atoms with Crippen LogP contribution in [0.15, 0.2) is 47.8 Å². The van der Waals surface area contributed by atoms with E-state index in [0.29, 0.717) is 10.8 Å². The van der Waals surface area contributed by atoms with E-state index in [2.05, 4.69) is 15.3 Å². The molecule has 3 aromatic rings. The summed E-state index contributed by atoms with van der Waals surface area (Å²) in [7, 11) is 0. The second-order valence-electron chi connectivity index (χ2n) is 4.68. The number of carbonyl (C=O) groups is 1. The molecule has 8 heteroatoms. The average Bonchev–Trinajstić information content (AvgIpc) is 3.03. The highest BCUT2D eigenvalue weighted by molar-refractivity contribution is 7.13. The molecule has 2 heterocycles. The van der Waals surface area contributed by atoms with Gasteiger partial charge in [0.15, 0.2) is 10.8 Å². The van der Waals surface area contributed by atoms with Gasteiger partial charge < -0.3 is 10.1 Å². The van der Waals surface area contributed by atoms with Crippen molar-refractivity contribution in [2.24, 2.45) is 0 Å². The summed E-state index contributed by atoms with van der Waals surface area (Å²) in [6.45, 7) is 0.0241. The molecule has 0 aliphatic carbocycles. The molecule has 1 aromatic carbocycles. The van der Waals surface area contributed by atoms with Gasteiger partial charge in [0.2, 0.25) is 0 Å².